The van der Waals surface area contributed by atoms with Crippen LogP contribution in [0.5, 0.6) is 11.5 Å². The van der Waals surface area contributed by atoms with Gasteiger partial charge in [-0.3, -0.25) is 0 Å². The molecule has 0 saturated heterocycles. The van der Waals surface area contributed by atoms with Crippen LogP contribution >= 0.6 is 15.9 Å². The zero-order valence-corrected chi connectivity index (χ0v) is 13.3. The molecule has 2 aromatic carbocycles. The molecule has 2 aromatic rings. The lowest BCUT2D eigenvalue weighted by molar-refractivity contribution is 0.218. The van der Waals surface area contributed by atoms with Gasteiger partial charge in [0, 0.05) is 4.47 Å². The Bertz CT molecular complexity index is 611. The lowest BCUT2D eigenvalue weighted by atomic mass is 9.97. The first-order valence-electron chi connectivity index (χ1n) is 6.23. The zero-order chi connectivity index (χ0) is 14.7. The summed E-state index contributed by atoms with van der Waals surface area (Å²) < 4.78 is 11.5. The van der Waals surface area contributed by atoms with Crippen LogP contribution in [-0.4, -0.2) is 19.3 Å². The number of aliphatic hydroxyl groups is 1. The Kier molecular flexibility index (Phi) is 4.68. The SMILES string of the molecule is COc1ccc(C(O)c2cccc(Br)c2C)cc1OC. The molecule has 0 amide bonds. The van der Waals surface area contributed by atoms with E-state index in [1.165, 1.54) is 0 Å². The van der Waals surface area contributed by atoms with E-state index in [4.69, 9.17) is 9.47 Å². The maximum Gasteiger partial charge on any atom is 0.161 e. The van der Waals surface area contributed by atoms with Gasteiger partial charge in [-0.1, -0.05) is 34.1 Å². The van der Waals surface area contributed by atoms with Crippen LogP contribution in [0.3, 0.4) is 0 Å². The fourth-order valence-electron chi connectivity index (χ4n) is 2.12. The van der Waals surface area contributed by atoms with Gasteiger partial charge in [0.15, 0.2) is 11.5 Å². The number of benzene rings is 2. The van der Waals surface area contributed by atoms with Gasteiger partial charge in [-0.25, -0.2) is 0 Å². The van der Waals surface area contributed by atoms with Gasteiger partial charge >= 0.3 is 0 Å². The average molecular weight is 337 g/mol. The van der Waals surface area contributed by atoms with Gasteiger partial charge in [0.05, 0.1) is 14.2 Å². The summed E-state index contributed by atoms with van der Waals surface area (Å²) in [5, 5.41) is 10.6. The van der Waals surface area contributed by atoms with Crippen LogP contribution in [0.2, 0.25) is 0 Å². The number of methoxy groups -OCH3 is 2. The second-order valence-corrected chi connectivity index (χ2v) is 5.33. The highest BCUT2D eigenvalue weighted by Crippen LogP contribution is 2.34. The summed E-state index contributed by atoms with van der Waals surface area (Å²) in [4.78, 5) is 0. The summed E-state index contributed by atoms with van der Waals surface area (Å²) in [7, 11) is 3.17. The average Bonchev–Trinajstić information content (AvgIpc) is 2.48. The van der Waals surface area contributed by atoms with Crippen molar-refractivity contribution in [1.82, 2.24) is 0 Å². The molecule has 2 rings (SSSR count). The molecular weight excluding hydrogens is 320 g/mol. The molecule has 0 saturated carbocycles. The van der Waals surface area contributed by atoms with Crippen molar-refractivity contribution in [2.75, 3.05) is 14.2 Å². The third-order valence-corrected chi connectivity index (χ3v) is 4.19. The van der Waals surface area contributed by atoms with Crippen LogP contribution in [0.15, 0.2) is 40.9 Å². The predicted octanol–water partition coefficient (Wildman–Crippen LogP) is 3.86. The summed E-state index contributed by atoms with van der Waals surface area (Å²) in [6, 6.07) is 11.2. The van der Waals surface area contributed by atoms with Crippen molar-refractivity contribution in [2.24, 2.45) is 0 Å². The first-order chi connectivity index (χ1) is 9.58. The molecule has 0 radical (unpaired) electrons. The van der Waals surface area contributed by atoms with Gasteiger partial charge in [0.1, 0.15) is 6.10 Å². The Morgan fingerprint density at radius 2 is 1.75 bits per heavy atom. The maximum atomic E-state index is 10.6. The Morgan fingerprint density at radius 1 is 1.05 bits per heavy atom. The molecule has 20 heavy (non-hydrogen) atoms. The van der Waals surface area contributed by atoms with E-state index in [1.807, 2.05) is 31.2 Å². The molecular formula is C16H17BrO3. The van der Waals surface area contributed by atoms with Crippen molar-refractivity contribution in [2.45, 2.75) is 13.0 Å². The van der Waals surface area contributed by atoms with E-state index in [0.29, 0.717) is 11.5 Å². The van der Waals surface area contributed by atoms with Crippen molar-refractivity contribution in [3.63, 3.8) is 0 Å². The van der Waals surface area contributed by atoms with Gasteiger partial charge in [-0.2, -0.15) is 0 Å². The van der Waals surface area contributed by atoms with Crippen LogP contribution < -0.4 is 9.47 Å². The molecule has 0 heterocycles. The van der Waals surface area contributed by atoms with E-state index in [2.05, 4.69) is 15.9 Å². The van der Waals surface area contributed by atoms with Gasteiger partial charge in [0.2, 0.25) is 0 Å². The lowest BCUT2D eigenvalue weighted by Crippen LogP contribution is -2.03. The summed E-state index contributed by atoms with van der Waals surface area (Å²) in [6.45, 7) is 1.98. The minimum absolute atomic E-state index is 0.608. The number of hydrogen-bond donors (Lipinski definition) is 1. The van der Waals surface area contributed by atoms with Crippen LogP contribution in [0.1, 0.15) is 22.8 Å². The molecule has 0 bridgehead atoms. The number of halogens is 1. The lowest BCUT2D eigenvalue weighted by Gasteiger charge is -2.17. The molecule has 4 heteroatoms. The summed E-state index contributed by atoms with van der Waals surface area (Å²) in [6.07, 6.45) is -0.702. The van der Waals surface area contributed by atoms with E-state index >= 15 is 0 Å². The number of rotatable bonds is 4. The maximum absolute atomic E-state index is 10.6. The van der Waals surface area contributed by atoms with Gasteiger partial charge in [-0.15, -0.1) is 0 Å². The van der Waals surface area contributed by atoms with E-state index < -0.39 is 6.10 Å². The quantitative estimate of drug-likeness (QED) is 0.921. The largest absolute Gasteiger partial charge is 0.493 e. The van der Waals surface area contributed by atoms with Crippen LogP contribution in [0.4, 0.5) is 0 Å². The second-order valence-electron chi connectivity index (χ2n) is 4.47. The van der Waals surface area contributed by atoms with Crippen molar-refractivity contribution >= 4 is 15.9 Å². The van der Waals surface area contributed by atoms with Gasteiger partial charge < -0.3 is 14.6 Å². The Morgan fingerprint density at radius 3 is 2.40 bits per heavy atom. The first-order valence-corrected chi connectivity index (χ1v) is 7.02. The molecule has 1 unspecified atom stereocenters. The Hall–Kier alpha value is -1.52. The molecule has 3 nitrogen and oxygen atoms in total. The molecule has 0 fully saturated rings. The van der Waals surface area contributed by atoms with Crippen LogP contribution in [0.25, 0.3) is 0 Å². The molecule has 0 aromatic heterocycles. The number of hydrogen-bond acceptors (Lipinski definition) is 3. The molecule has 0 spiro atoms. The number of ether oxygens (including phenoxy) is 2. The number of aliphatic hydroxyl groups excluding tert-OH is 1. The Labute approximate surface area is 127 Å². The minimum atomic E-state index is -0.702. The highest BCUT2D eigenvalue weighted by Gasteiger charge is 2.16. The molecule has 0 aliphatic heterocycles. The predicted molar refractivity (Wildman–Crippen MR) is 82.5 cm³/mol. The Balaban J connectivity index is 2.43. The molecule has 0 aliphatic rings. The van der Waals surface area contributed by atoms with Crippen LogP contribution in [0, 0.1) is 6.92 Å². The van der Waals surface area contributed by atoms with Crippen molar-refractivity contribution in [1.29, 1.82) is 0 Å². The van der Waals surface area contributed by atoms with E-state index in [1.54, 1.807) is 26.4 Å². The first kappa shape index (κ1) is 14.9. The zero-order valence-electron chi connectivity index (χ0n) is 11.7. The normalized spacial score (nSPS) is 12.1. The molecule has 1 N–H and O–H groups in total. The van der Waals surface area contributed by atoms with Crippen molar-refractivity contribution in [3.05, 3.63) is 57.6 Å². The van der Waals surface area contributed by atoms with Crippen LogP contribution in [-0.2, 0) is 0 Å². The molecule has 106 valence electrons. The minimum Gasteiger partial charge on any atom is -0.493 e. The van der Waals surface area contributed by atoms with Gasteiger partial charge in [-0.05, 0) is 41.8 Å². The van der Waals surface area contributed by atoms with Crippen molar-refractivity contribution in [3.8, 4) is 11.5 Å². The van der Waals surface area contributed by atoms with E-state index in [9.17, 15) is 5.11 Å². The topological polar surface area (TPSA) is 38.7 Å². The summed E-state index contributed by atoms with van der Waals surface area (Å²) >= 11 is 3.48. The van der Waals surface area contributed by atoms with Crippen molar-refractivity contribution < 1.29 is 14.6 Å². The monoisotopic (exact) mass is 336 g/mol. The highest BCUT2D eigenvalue weighted by atomic mass is 79.9. The standard InChI is InChI=1S/C16H17BrO3/c1-10-12(5-4-6-13(10)17)16(18)11-7-8-14(19-2)15(9-11)20-3/h4-9,16,18H,1-3H3. The smallest absolute Gasteiger partial charge is 0.161 e. The fourth-order valence-corrected chi connectivity index (χ4v) is 2.50. The third-order valence-electron chi connectivity index (χ3n) is 3.33. The molecule has 0 aliphatic carbocycles. The third kappa shape index (κ3) is 2.81. The fraction of sp³-hybridized carbons (Fsp3) is 0.250. The highest BCUT2D eigenvalue weighted by molar-refractivity contribution is 9.10. The summed E-state index contributed by atoms with van der Waals surface area (Å²) in [5.41, 5.74) is 2.66. The summed E-state index contributed by atoms with van der Waals surface area (Å²) in [5.74, 6) is 1.26. The van der Waals surface area contributed by atoms with Gasteiger partial charge in [0.25, 0.3) is 0 Å². The van der Waals surface area contributed by atoms with E-state index in [0.717, 1.165) is 21.2 Å². The molecule has 1 atom stereocenters. The second kappa shape index (κ2) is 6.29. The van der Waals surface area contributed by atoms with E-state index in [-0.39, 0.29) is 0 Å².